The van der Waals surface area contributed by atoms with Crippen molar-refractivity contribution >= 4 is 24.0 Å². The maximum atomic E-state index is 13.6. The molecule has 0 aliphatic carbocycles. The van der Waals surface area contributed by atoms with Crippen LogP contribution in [0.2, 0.25) is 0 Å². The van der Waals surface area contributed by atoms with Crippen LogP contribution in [0.15, 0.2) is 60.9 Å². The van der Waals surface area contributed by atoms with Gasteiger partial charge in [0.2, 0.25) is 11.8 Å². The highest BCUT2D eigenvalue weighted by Crippen LogP contribution is 2.35. The summed E-state index contributed by atoms with van der Waals surface area (Å²) in [5.74, 6) is 0.722. The highest BCUT2D eigenvalue weighted by Gasteiger charge is 2.42. The number of nitrogens with zero attached hydrogens (tertiary/aromatic N) is 4. The van der Waals surface area contributed by atoms with Gasteiger partial charge in [0.15, 0.2) is 0 Å². The second kappa shape index (κ2) is 15.7. The minimum absolute atomic E-state index is 0.0977. The number of likely N-dealkylation sites (tertiary alicyclic amines) is 2. The third-order valence-electron chi connectivity index (χ3n) is 10.7. The van der Waals surface area contributed by atoms with Crippen molar-refractivity contribution in [2.24, 2.45) is 11.8 Å². The molecule has 4 amide bonds. The standard InChI is InChI=1S/C39H46N8O7/c1-22(2)32(44-38(50)51)36(48)46-16-4-6-30(46)34-40-18-28(42-34)25-12-8-23(9-13-25)24-10-14-26(15-11-24)29-19-41-35(43-29)31-7-5-17-47(31)37(49)33(27-20-54-21-27)45-39(52)53-3/h8-15,18-19,22,27,30-33,44H,4-7,16-17,20-21H2,1-3H3,(H,40,42)(H,41,43)(H,45,52)(H,50,51)/t30-,31-,32-,33+/m0/s1. The summed E-state index contributed by atoms with van der Waals surface area (Å²) in [6.45, 7) is 5.61. The Morgan fingerprint density at radius 2 is 1.26 bits per heavy atom. The molecule has 0 spiro atoms. The van der Waals surface area contributed by atoms with E-state index in [2.05, 4.69) is 54.8 Å². The van der Waals surface area contributed by atoms with Gasteiger partial charge >= 0.3 is 12.2 Å². The zero-order chi connectivity index (χ0) is 37.9. The van der Waals surface area contributed by atoms with Gasteiger partial charge in [-0.2, -0.15) is 0 Å². The topological polar surface area (TPSA) is 195 Å². The summed E-state index contributed by atoms with van der Waals surface area (Å²) in [5, 5.41) is 14.4. The lowest BCUT2D eigenvalue weighted by molar-refractivity contribution is -0.142. The Kier molecular flexibility index (Phi) is 10.7. The van der Waals surface area contributed by atoms with Gasteiger partial charge in [0.05, 0.1) is 56.2 Å². The fourth-order valence-corrected chi connectivity index (χ4v) is 7.64. The fourth-order valence-electron chi connectivity index (χ4n) is 7.64. The van der Waals surface area contributed by atoms with Gasteiger partial charge in [0.1, 0.15) is 23.7 Å². The number of benzene rings is 2. The van der Waals surface area contributed by atoms with Crippen LogP contribution in [0.5, 0.6) is 0 Å². The second-order valence-corrected chi connectivity index (χ2v) is 14.5. The van der Waals surface area contributed by atoms with E-state index in [1.807, 2.05) is 38.1 Å². The van der Waals surface area contributed by atoms with Gasteiger partial charge in [-0.25, -0.2) is 19.6 Å². The highest BCUT2D eigenvalue weighted by molar-refractivity contribution is 5.87. The first kappa shape index (κ1) is 36.6. The Balaban J connectivity index is 1.000. The number of aromatic nitrogens is 4. The largest absolute Gasteiger partial charge is 0.465 e. The van der Waals surface area contributed by atoms with Gasteiger partial charge < -0.3 is 45.0 Å². The van der Waals surface area contributed by atoms with Crippen LogP contribution in [0.25, 0.3) is 33.6 Å². The number of carboxylic acid groups (broad SMARTS) is 1. The average Bonchev–Trinajstić information content (AvgIpc) is 3.99. The van der Waals surface area contributed by atoms with Crippen molar-refractivity contribution in [3.8, 4) is 33.6 Å². The van der Waals surface area contributed by atoms with Crippen LogP contribution < -0.4 is 10.6 Å². The Labute approximate surface area is 312 Å². The van der Waals surface area contributed by atoms with Crippen molar-refractivity contribution in [3.05, 3.63) is 72.6 Å². The molecule has 2 aromatic carbocycles. The number of imidazole rings is 2. The lowest BCUT2D eigenvalue weighted by Gasteiger charge is -2.36. The molecule has 0 saturated carbocycles. The first-order valence-corrected chi connectivity index (χ1v) is 18.4. The van der Waals surface area contributed by atoms with Crippen LogP contribution in [-0.4, -0.2) is 104 Å². The van der Waals surface area contributed by atoms with Crippen molar-refractivity contribution in [3.63, 3.8) is 0 Å². The summed E-state index contributed by atoms with van der Waals surface area (Å²) in [7, 11) is 1.28. The fraction of sp³-hybridized carbons (Fsp3) is 0.436. The van der Waals surface area contributed by atoms with Gasteiger partial charge in [-0.05, 0) is 53.9 Å². The number of H-pyrrole nitrogens is 2. The number of carbonyl (C=O) groups excluding carboxylic acids is 3. The molecule has 7 rings (SSSR count). The highest BCUT2D eigenvalue weighted by atomic mass is 16.5. The molecule has 0 unspecified atom stereocenters. The number of nitrogens with one attached hydrogen (secondary N) is 4. The molecule has 3 aliphatic rings. The molecule has 284 valence electrons. The second-order valence-electron chi connectivity index (χ2n) is 14.5. The molecule has 3 fully saturated rings. The lowest BCUT2D eigenvalue weighted by atomic mass is 9.96. The van der Waals surface area contributed by atoms with E-state index in [0.717, 1.165) is 59.3 Å². The third kappa shape index (κ3) is 7.53. The summed E-state index contributed by atoms with van der Waals surface area (Å²) in [6, 6.07) is 14.4. The van der Waals surface area contributed by atoms with Gasteiger partial charge in [0, 0.05) is 19.0 Å². The predicted molar refractivity (Wildman–Crippen MR) is 198 cm³/mol. The van der Waals surface area contributed by atoms with Crippen LogP contribution in [0, 0.1) is 11.8 Å². The van der Waals surface area contributed by atoms with Crippen molar-refractivity contribution in [2.75, 3.05) is 33.4 Å². The Hall–Kier alpha value is -5.70. The van der Waals surface area contributed by atoms with Gasteiger partial charge in [-0.1, -0.05) is 62.4 Å². The number of carbonyl (C=O) groups is 4. The van der Waals surface area contributed by atoms with E-state index < -0.39 is 24.3 Å². The third-order valence-corrected chi connectivity index (χ3v) is 10.7. The number of ether oxygens (including phenoxy) is 2. The zero-order valence-corrected chi connectivity index (χ0v) is 30.6. The molecule has 15 nitrogen and oxygen atoms in total. The van der Waals surface area contributed by atoms with Crippen molar-refractivity contribution in [1.82, 2.24) is 40.4 Å². The number of hydrogen-bond donors (Lipinski definition) is 5. The Morgan fingerprint density at radius 1 is 0.778 bits per heavy atom. The van der Waals surface area contributed by atoms with Crippen LogP contribution in [0.4, 0.5) is 9.59 Å². The number of hydrogen-bond acceptors (Lipinski definition) is 8. The molecule has 2 aromatic heterocycles. The van der Waals surface area contributed by atoms with E-state index in [4.69, 9.17) is 9.47 Å². The monoisotopic (exact) mass is 738 g/mol. The first-order chi connectivity index (χ1) is 26.1. The molecular formula is C39H46N8O7. The summed E-state index contributed by atoms with van der Waals surface area (Å²) in [6.07, 6.45) is 4.87. The maximum Gasteiger partial charge on any atom is 0.407 e. The van der Waals surface area contributed by atoms with E-state index in [1.54, 1.807) is 22.2 Å². The first-order valence-electron chi connectivity index (χ1n) is 18.4. The molecule has 54 heavy (non-hydrogen) atoms. The van der Waals surface area contributed by atoms with Crippen molar-refractivity contribution < 1.29 is 33.8 Å². The Morgan fingerprint density at radius 3 is 1.69 bits per heavy atom. The molecular weight excluding hydrogens is 692 g/mol. The Bertz CT molecular complexity index is 1970. The predicted octanol–water partition coefficient (Wildman–Crippen LogP) is 5.12. The van der Waals surface area contributed by atoms with Crippen LogP contribution in [0.1, 0.15) is 63.3 Å². The van der Waals surface area contributed by atoms with Crippen molar-refractivity contribution in [2.45, 2.75) is 63.7 Å². The van der Waals surface area contributed by atoms with Gasteiger partial charge in [0.25, 0.3) is 0 Å². The summed E-state index contributed by atoms with van der Waals surface area (Å²) >= 11 is 0. The molecule has 4 atom stereocenters. The normalized spacial score (nSPS) is 19.7. The quantitative estimate of drug-likeness (QED) is 0.139. The maximum absolute atomic E-state index is 13.6. The number of methoxy groups -OCH3 is 1. The number of amides is 4. The molecule has 0 bridgehead atoms. The molecule has 15 heteroatoms. The van der Waals surface area contributed by atoms with Gasteiger partial charge in [-0.3, -0.25) is 9.59 Å². The average molecular weight is 739 g/mol. The van der Waals surface area contributed by atoms with Gasteiger partial charge in [-0.15, -0.1) is 0 Å². The lowest BCUT2D eigenvalue weighted by Crippen LogP contribution is -2.56. The zero-order valence-electron chi connectivity index (χ0n) is 30.6. The van der Waals surface area contributed by atoms with Crippen LogP contribution >= 0.6 is 0 Å². The number of aromatic amines is 2. The summed E-state index contributed by atoms with van der Waals surface area (Å²) < 4.78 is 10.1. The smallest absolute Gasteiger partial charge is 0.407 e. The SMILES string of the molecule is COC(=O)N[C@@H](C(=O)N1CCC[C@H]1c1ncc(-c2ccc(-c3ccc(-c4cnc([C@@H]5CCCN5C(=O)[C@@H](NC(=O)O)C(C)C)[nH]4)cc3)cc2)[nH]1)C1COC1. The molecule has 3 aliphatic heterocycles. The van der Waals surface area contributed by atoms with Crippen molar-refractivity contribution in [1.29, 1.82) is 0 Å². The number of alkyl carbamates (subject to hydrolysis) is 1. The summed E-state index contributed by atoms with van der Waals surface area (Å²) in [5.41, 5.74) is 5.68. The van der Waals surface area contributed by atoms with E-state index in [-0.39, 0.29) is 35.7 Å². The number of rotatable bonds is 11. The van der Waals surface area contributed by atoms with E-state index in [1.165, 1.54) is 7.11 Å². The molecule has 5 heterocycles. The van der Waals surface area contributed by atoms with Crippen LogP contribution in [0.3, 0.4) is 0 Å². The minimum atomic E-state index is -1.21. The minimum Gasteiger partial charge on any atom is -0.465 e. The molecule has 3 saturated heterocycles. The molecule has 4 aromatic rings. The van der Waals surface area contributed by atoms with E-state index in [9.17, 15) is 24.3 Å². The molecule has 0 radical (unpaired) electrons. The van der Waals surface area contributed by atoms with E-state index >= 15 is 0 Å². The van der Waals surface area contributed by atoms with Crippen LogP contribution in [-0.2, 0) is 19.1 Å². The van der Waals surface area contributed by atoms with E-state index in [0.29, 0.717) is 38.0 Å². The molecule has 5 N–H and O–H groups in total. The summed E-state index contributed by atoms with van der Waals surface area (Å²) in [4.78, 5) is 70.0.